The van der Waals surface area contributed by atoms with Gasteiger partial charge in [0.05, 0.1) is 26.5 Å². The first-order valence-electron chi connectivity index (χ1n) is 8.26. The van der Waals surface area contributed by atoms with E-state index in [1.807, 2.05) is 24.3 Å². The van der Waals surface area contributed by atoms with Gasteiger partial charge in [-0.25, -0.2) is 4.79 Å². The number of hydrogen-bond donors (Lipinski definition) is 1. The fourth-order valence-electron chi connectivity index (χ4n) is 2.83. The van der Waals surface area contributed by atoms with Crippen LogP contribution in [0.1, 0.15) is 33.2 Å². The summed E-state index contributed by atoms with van der Waals surface area (Å²) >= 11 is 0. The molecule has 0 aliphatic heterocycles. The third kappa shape index (κ3) is 4.15. The number of phenols is 1. The van der Waals surface area contributed by atoms with Crippen LogP contribution in [0.4, 0.5) is 0 Å². The third-order valence-electron chi connectivity index (χ3n) is 4.10. The fourth-order valence-corrected chi connectivity index (χ4v) is 2.83. The van der Waals surface area contributed by atoms with Gasteiger partial charge in [-0.2, -0.15) is 0 Å². The molecule has 0 saturated heterocycles. The standard InChI is InChI=1S/C20H21NO5/c1-14-18(20(23)24-2)10-17(26-14)13-21(12-16-7-5-9-25-16)11-15-6-3-4-8-19(15)22/h3-10,22H,11-13H2,1-2H3. The van der Waals surface area contributed by atoms with E-state index in [9.17, 15) is 9.90 Å². The molecule has 0 amide bonds. The van der Waals surface area contributed by atoms with Gasteiger partial charge in [0.15, 0.2) is 0 Å². The summed E-state index contributed by atoms with van der Waals surface area (Å²) in [5.41, 5.74) is 1.22. The van der Waals surface area contributed by atoms with Crippen molar-refractivity contribution in [2.24, 2.45) is 0 Å². The number of rotatable bonds is 7. The molecule has 0 aliphatic carbocycles. The molecule has 0 aliphatic rings. The number of furan rings is 2. The molecular weight excluding hydrogens is 334 g/mol. The summed E-state index contributed by atoms with van der Waals surface area (Å²) < 4.78 is 15.9. The van der Waals surface area contributed by atoms with Crippen molar-refractivity contribution in [1.82, 2.24) is 4.90 Å². The molecule has 6 nitrogen and oxygen atoms in total. The highest BCUT2D eigenvalue weighted by Crippen LogP contribution is 2.23. The molecule has 0 spiro atoms. The molecule has 0 bridgehead atoms. The second-order valence-corrected chi connectivity index (χ2v) is 6.03. The van der Waals surface area contributed by atoms with E-state index >= 15 is 0 Å². The molecule has 1 aromatic carbocycles. The van der Waals surface area contributed by atoms with E-state index in [-0.39, 0.29) is 5.75 Å². The number of nitrogens with zero attached hydrogens (tertiary/aromatic N) is 1. The van der Waals surface area contributed by atoms with Crippen molar-refractivity contribution in [2.45, 2.75) is 26.6 Å². The van der Waals surface area contributed by atoms with Crippen LogP contribution in [-0.4, -0.2) is 23.1 Å². The molecule has 26 heavy (non-hydrogen) atoms. The van der Waals surface area contributed by atoms with Crippen LogP contribution in [0.5, 0.6) is 5.75 Å². The first kappa shape index (κ1) is 17.8. The molecule has 3 rings (SSSR count). The van der Waals surface area contributed by atoms with Crippen LogP contribution in [0.25, 0.3) is 0 Å². The van der Waals surface area contributed by atoms with Crippen LogP contribution >= 0.6 is 0 Å². The van der Waals surface area contributed by atoms with Gasteiger partial charge in [-0.05, 0) is 31.2 Å². The van der Waals surface area contributed by atoms with E-state index < -0.39 is 5.97 Å². The molecule has 0 saturated carbocycles. The zero-order valence-electron chi connectivity index (χ0n) is 14.8. The second kappa shape index (κ2) is 7.93. The maximum atomic E-state index is 11.8. The van der Waals surface area contributed by atoms with Gasteiger partial charge in [0.2, 0.25) is 0 Å². The number of hydrogen-bond acceptors (Lipinski definition) is 6. The van der Waals surface area contributed by atoms with Crippen LogP contribution in [0.2, 0.25) is 0 Å². The van der Waals surface area contributed by atoms with Gasteiger partial charge >= 0.3 is 5.97 Å². The first-order valence-corrected chi connectivity index (χ1v) is 8.26. The van der Waals surface area contributed by atoms with E-state index in [4.69, 9.17) is 13.6 Å². The van der Waals surface area contributed by atoms with Gasteiger partial charge in [0, 0.05) is 12.1 Å². The number of aryl methyl sites for hydroxylation is 1. The average Bonchev–Trinajstić information content (AvgIpc) is 3.26. The number of para-hydroxylation sites is 1. The molecule has 6 heteroatoms. The normalized spacial score (nSPS) is 11.0. The number of methoxy groups -OCH3 is 1. The number of phenolic OH excluding ortho intramolecular Hbond substituents is 1. The van der Waals surface area contributed by atoms with E-state index in [0.29, 0.717) is 36.7 Å². The zero-order chi connectivity index (χ0) is 18.5. The SMILES string of the molecule is COC(=O)c1cc(CN(Cc2ccco2)Cc2ccccc2O)oc1C. The minimum atomic E-state index is -0.421. The number of esters is 1. The smallest absolute Gasteiger partial charge is 0.341 e. The molecule has 1 N–H and O–H groups in total. The van der Waals surface area contributed by atoms with Crippen molar-refractivity contribution in [1.29, 1.82) is 0 Å². The van der Waals surface area contributed by atoms with Gasteiger partial charge < -0.3 is 18.7 Å². The Morgan fingerprint density at radius 2 is 1.88 bits per heavy atom. The number of carbonyl (C=O) groups excluding carboxylic acids is 1. The van der Waals surface area contributed by atoms with E-state index in [1.54, 1.807) is 31.4 Å². The van der Waals surface area contributed by atoms with Gasteiger partial charge in [-0.15, -0.1) is 0 Å². The van der Waals surface area contributed by atoms with Gasteiger partial charge in [-0.1, -0.05) is 18.2 Å². The third-order valence-corrected chi connectivity index (χ3v) is 4.10. The van der Waals surface area contributed by atoms with Crippen LogP contribution < -0.4 is 0 Å². The van der Waals surface area contributed by atoms with Gasteiger partial charge in [-0.3, -0.25) is 4.90 Å². The second-order valence-electron chi connectivity index (χ2n) is 6.03. The molecule has 0 radical (unpaired) electrons. The summed E-state index contributed by atoms with van der Waals surface area (Å²) in [6.45, 7) is 3.22. The Hall–Kier alpha value is -2.99. The largest absolute Gasteiger partial charge is 0.508 e. The van der Waals surface area contributed by atoms with E-state index in [2.05, 4.69) is 4.90 Å². The highest BCUT2D eigenvalue weighted by molar-refractivity contribution is 5.90. The summed E-state index contributed by atoms with van der Waals surface area (Å²) in [4.78, 5) is 13.8. The van der Waals surface area contributed by atoms with Crippen LogP contribution in [-0.2, 0) is 24.4 Å². The van der Waals surface area contributed by atoms with Crippen molar-refractivity contribution in [2.75, 3.05) is 7.11 Å². The number of aromatic hydroxyl groups is 1. The molecule has 3 aromatic rings. The summed E-state index contributed by atoms with van der Waals surface area (Å²) in [5, 5.41) is 10.1. The van der Waals surface area contributed by atoms with Crippen molar-refractivity contribution in [3.05, 3.63) is 77.1 Å². The minimum Gasteiger partial charge on any atom is -0.508 e. The van der Waals surface area contributed by atoms with E-state index in [1.165, 1.54) is 7.11 Å². The molecule has 0 fully saturated rings. The highest BCUT2D eigenvalue weighted by Gasteiger charge is 2.18. The summed E-state index contributed by atoms with van der Waals surface area (Å²) in [6.07, 6.45) is 1.62. The van der Waals surface area contributed by atoms with Gasteiger partial charge in [0.1, 0.15) is 28.6 Å². The Balaban J connectivity index is 1.81. The Labute approximate surface area is 151 Å². The van der Waals surface area contributed by atoms with Crippen LogP contribution in [0, 0.1) is 6.92 Å². The lowest BCUT2D eigenvalue weighted by molar-refractivity contribution is 0.0599. The maximum Gasteiger partial charge on any atom is 0.341 e. The Morgan fingerprint density at radius 1 is 1.12 bits per heavy atom. The van der Waals surface area contributed by atoms with Crippen molar-refractivity contribution < 1.29 is 23.5 Å². The summed E-state index contributed by atoms with van der Waals surface area (Å²) in [5.74, 6) is 1.78. The van der Waals surface area contributed by atoms with Crippen molar-refractivity contribution in [3.63, 3.8) is 0 Å². The fraction of sp³-hybridized carbons (Fsp3) is 0.250. The Morgan fingerprint density at radius 3 is 2.58 bits per heavy atom. The maximum absolute atomic E-state index is 11.8. The molecule has 2 aromatic heterocycles. The molecule has 0 unspecified atom stereocenters. The monoisotopic (exact) mass is 355 g/mol. The number of ether oxygens (including phenoxy) is 1. The molecular formula is C20H21NO5. The average molecular weight is 355 g/mol. The lowest BCUT2D eigenvalue weighted by atomic mass is 10.1. The summed E-state index contributed by atoms with van der Waals surface area (Å²) in [6, 6.07) is 12.6. The molecule has 136 valence electrons. The number of benzene rings is 1. The zero-order valence-corrected chi connectivity index (χ0v) is 14.8. The number of carbonyl (C=O) groups is 1. The molecule has 0 atom stereocenters. The van der Waals surface area contributed by atoms with E-state index in [0.717, 1.165) is 11.3 Å². The van der Waals surface area contributed by atoms with Crippen molar-refractivity contribution >= 4 is 5.97 Å². The molecule has 2 heterocycles. The Kier molecular flexibility index (Phi) is 5.43. The lowest BCUT2D eigenvalue weighted by Crippen LogP contribution is -2.22. The van der Waals surface area contributed by atoms with Crippen LogP contribution in [0.15, 0.2) is 57.6 Å². The first-order chi connectivity index (χ1) is 12.6. The quantitative estimate of drug-likeness (QED) is 0.648. The predicted molar refractivity (Wildman–Crippen MR) is 94.6 cm³/mol. The Bertz CT molecular complexity index is 866. The van der Waals surface area contributed by atoms with Gasteiger partial charge in [0.25, 0.3) is 0 Å². The predicted octanol–water partition coefficient (Wildman–Crippen LogP) is 3.88. The van der Waals surface area contributed by atoms with Crippen LogP contribution in [0.3, 0.4) is 0 Å². The summed E-state index contributed by atoms with van der Waals surface area (Å²) in [7, 11) is 1.34. The minimum absolute atomic E-state index is 0.239. The van der Waals surface area contributed by atoms with Crippen molar-refractivity contribution in [3.8, 4) is 5.75 Å². The topological polar surface area (TPSA) is 76.0 Å². The lowest BCUT2D eigenvalue weighted by Gasteiger charge is -2.20. The highest BCUT2D eigenvalue weighted by atomic mass is 16.5.